The fourth-order valence-electron chi connectivity index (χ4n) is 2.37. The summed E-state index contributed by atoms with van der Waals surface area (Å²) in [4.78, 5) is 13.3. The second kappa shape index (κ2) is 7.27. The van der Waals surface area contributed by atoms with Crippen LogP contribution in [-0.2, 0) is 11.2 Å². The Kier molecular flexibility index (Phi) is 5.11. The first-order valence-electron chi connectivity index (χ1n) is 7.70. The van der Waals surface area contributed by atoms with Gasteiger partial charge in [0.15, 0.2) is 5.78 Å². The lowest BCUT2D eigenvalue weighted by atomic mass is 10.0. The number of nitrogens with one attached hydrogen (secondary N) is 1. The van der Waals surface area contributed by atoms with E-state index in [1.165, 1.54) is 23.1 Å². The predicted octanol–water partition coefficient (Wildman–Crippen LogP) is 3.92. The van der Waals surface area contributed by atoms with Crippen molar-refractivity contribution < 1.29 is 9.53 Å². The number of carbonyl (C=O) groups excluding carboxylic acids is 1. The third kappa shape index (κ3) is 3.27. The minimum absolute atomic E-state index is 0.0879. The minimum atomic E-state index is -0.613. The molecule has 1 atom stereocenters. The normalized spacial score (nSPS) is 19.2. The van der Waals surface area contributed by atoms with E-state index in [0.29, 0.717) is 21.6 Å². The summed E-state index contributed by atoms with van der Waals surface area (Å²) >= 11 is 2.60. The first-order chi connectivity index (χ1) is 11.6. The molecule has 1 aliphatic heterocycles. The Morgan fingerprint density at radius 1 is 1.29 bits per heavy atom. The summed E-state index contributed by atoms with van der Waals surface area (Å²) < 4.78 is 5.60. The second-order valence-corrected chi connectivity index (χ2v) is 7.31. The van der Waals surface area contributed by atoms with Gasteiger partial charge in [-0.15, -0.1) is 21.5 Å². The zero-order valence-electron chi connectivity index (χ0n) is 13.4. The van der Waals surface area contributed by atoms with Gasteiger partial charge in [-0.25, -0.2) is 0 Å². The van der Waals surface area contributed by atoms with Crippen molar-refractivity contribution in [2.45, 2.75) is 26.2 Å². The summed E-state index contributed by atoms with van der Waals surface area (Å²) in [5, 5.41) is 18.1. The van der Waals surface area contributed by atoms with Crippen molar-refractivity contribution in [1.82, 2.24) is 10.2 Å². The quantitative estimate of drug-likeness (QED) is 0.819. The van der Waals surface area contributed by atoms with Crippen LogP contribution in [0.15, 0.2) is 29.2 Å². The Bertz CT molecular complexity index is 814. The van der Waals surface area contributed by atoms with Crippen molar-refractivity contribution >= 4 is 40.0 Å². The molecule has 1 fully saturated rings. The standard InChI is InChI=1S/C17H17N3O2S2/c1-3-13-19-20-17(24-13)14-15(21)12(23-16(14)18)9-10-7-5-6-8-11(10)22-4-2/h5-9,14,18H,3-4H2,1-2H3/b12-9-,18-16?/t14-/m0/s1. The number of nitrogens with zero attached hydrogens (tertiary/aromatic N) is 2. The molecule has 3 rings (SSSR count). The van der Waals surface area contributed by atoms with E-state index >= 15 is 0 Å². The fourth-order valence-corrected chi connectivity index (χ4v) is 4.31. The van der Waals surface area contributed by atoms with E-state index < -0.39 is 5.92 Å². The Hall–Kier alpha value is -1.99. The number of para-hydroxylation sites is 1. The average molecular weight is 359 g/mol. The van der Waals surface area contributed by atoms with Crippen LogP contribution < -0.4 is 4.74 Å². The Labute approximate surface area is 148 Å². The molecule has 0 aliphatic carbocycles. The van der Waals surface area contributed by atoms with Gasteiger partial charge >= 0.3 is 0 Å². The molecule has 2 heterocycles. The zero-order chi connectivity index (χ0) is 17.1. The van der Waals surface area contributed by atoms with Gasteiger partial charge in [-0.05, 0) is 25.5 Å². The van der Waals surface area contributed by atoms with Gasteiger partial charge in [0, 0.05) is 5.56 Å². The van der Waals surface area contributed by atoms with Crippen molar-refractivity contribution in [1.29, 1.82) is 5.41 Å². The number of rotatable bonds is 5. The van der Waals surface area contributed by atoms with Gasteiger partial charge in [0.2, 0.25) is 0 Å². The summed E-state index contributed by atoms with van der Waals surface area (Å²) in [6.07, 6.45) is 2.58. The number of ether oxygens (including phenoxy) is 1. The number of carbonyl (C=O) groups is 1. The molecule has 7 heteroatoms. The van der Waals surface area contributed by atoms with Crippen molar-refractivity contribution in [3.63, 3.8) is 0 Å². The molecule has 0 saturated carbocycles. The van der Waals surface area contributed by atoms with Crippen molar-refractivity contribution in [2.24, 2.45) is 0 Å². The fraction of sp³-hybridized carbons (Fsp3) is 0.294. The smallest absolute Gasteiger partial charge is 0.186 e. The molecule has 1 N–H and O–H groups in total. The van der Waals surface area contributed by atoms with Gasteiger partial charge < -0.3 is 4.74 Å². The Morgan fingerprint density at radius 3 is 2.79 bits per heavy atom. The lowest BCUT2D eigenvalue weighted by Crippen LogP contribution is -2.11. The molecule has 0 radical (unpaired) electrons. The van der Waals surface area contributed by atoms with Gasteiger partial charge in [-0.3, -0.25) is 10.2 Å². The second-order valence-electron chi connectivity index (χ2n) is 5.13. The molecule has 0 bridgehead atoms. The number of Topliss-reactive ketones (excluding diaryl/α,β-unsaturated/α-hetero) is 1. The van der Waals surface area contributed by atoms with E-state index in [2.05, 4.69) is 10.2 Å². The highest BCUT2D eigenvalue weighted by Gasteiger charge is 2.39. The predicted molar refractivity (Wildman–Crippen MR) is 97.9 cm³/mol. The van der Waals surface area contributed by atoms with E-state index in [0.717, 1.165) is 22.7 Å². The Morgan fingerprint density at radius 2 is 2.08 bits per heavy atom. The first-order valence-corrected chi connectivity index (χ1v) is 9.33. The van der Waals surface area contributed by atoms with Crippen LogP contribution in [0.2, 0.25) is 0 Å². The number of ketones is 1. The average Bonchev–Trinajstić information content (AvgIpc) is 3.14. The Balaban J connectivity index is 1.91. The van der Waals surface area contributed by atoms with Gasteiger partial charge in [0.05, 0.1) is 16.6 Å². The third-order valence-corrected chi connectivity index (χ3v) is 5.65. The van der Waals surface area contributed by atoms with Crippen LogP contribution in [0.25, 0.3) is 6.08 Å². The van der Waals surface area contributed by atoms with E-state index in [9.17, 15) is 4.79 Å². The highest BCUT2D eigenvalue weighted by Crippen LogP contribution is 2.42. The molecule has 0 amide bonds. The maximum absolute atomic E-state index is 12.8. The molecule has 124 valence electrons. The number of hydrogen-bond acceptors (Lipinski definition) is 7. The molecule has 0 unspecified atom stereocenters. The van der Waals surface area contributed by atoms with Crippen molar-refractivity contribution in [3.8, 4) is 5.75 Å². The molecule has 0 spiro atoms. The van der Waals surface area contributed by atoms with Crippen LogP contribution in [0.4, 0.5) is 0 Å². The van der Waals surface area contributed by atoms with Crippen LogP contribution in [0.5, 0.6) is 5.75 Å². The molecule has 1 aromatic carbocycles. The van der Waals surface area contributed by atoms with Gasteiger partial charge in [-0.2, -0.15) is 0 Å². The number of benzene rings is 1. The summed E-state index contributed by atoms with van der Waals surface area (Å²) in [5.41, 5.74) is 0.843. The molecule has 5 nitrogen and oxygen atoms in total. The summed E-state index contributed by atoms with van der Waals surface area (Å²) in [6, 6.07) is 7.58. The first kappa shape index (κ1) is 16.9. The van der Waals surface area contributed by atoms with E-state index in [1.807, 2.05) is 38.1 Å². The van der Waals surface area contributed by atoms with Crippen LogP contribution in [0.1, 0.15) is 35.3 Å². The number of aromatic nitrogens is 2. The monoisotopic (exact) mass is 359 g/mol. The molecular formula is C17H17N3O2S2. The summed E-state index contributed by atoms with van der Waals surface area (Å²) in [5.74, 6) is 0.0356. The molecule has 24 heavy (non-hydrogen) atoms. The molecule has 1 saturated heterocycles. The van der Waals surface area contributed by atoms with E-state index in [4.69, 9.17) is 10.1 Å². The molecule has 1 aliphatic rings. The summed E-state index contributed by atoms with van der Waals surface area (Å²) in [6.45, 7) is 4.48. The van der Waals surface area contributed by atoms with Gasteiger partial charge in [0.25, 0.3) is 0 Å². The number of hydrogen-bond donors (Lipinski definition) is 1. The van der Waals surface area contributed by atoms with E-state index in [-0.39, 0.29) is 5.78 Å². The summed E-state index contributed by atoms with van der Waals surface area (Å²) in [7, 11) is 0. The highest BCUT2D eigenvalue weighted by molar-refractivity contribution is 8.19. The topological polar surface area (TPSA) is 75.9 Å². The van der Waals surface area contributed by atoms with Gasteiger partial charge in [-0.1, -0.05) is 36.9 Å². The van der Waals surface area contributed by atoms with Crippen LogP contribution in [0.3, 0.4) is 0 Å². The van der Waals surface area contributed by atoms with Crippen molar-refractivity contribution in [2.75, 3.05) is 6.61 Å². The maximum Gasteiger partial charge on any atom is 0.186 e. The SMILES string of the molecule is CCOc1ccccc1/C=C1\SC(=N)[C@@H](c2nnc(CC)s2)C1=O. The highest BCUT2D eigenvalue weighted by atomic mass is 32.2. The molecule has 2 aromatic rings. The number of thioether (sulfide) groups is 1. The lowest BCUT2D eigenvalue weighted by molar-refractivity contribution is -0.114. The lowest BCUT2D eigenvalue weighted by Gasteiger charge is -2.07. The minimum Gasteiger partial charge on any atom is -0.493 e. The van der Waals surface area contributed by atoms with Crippen molar-refractivity contribution in [3.05, 3.63) is 44.7 Å². The van der Waals surface area contributed by atoms with E-state index in [1.54, 1.807) is 6.08 Å². The zero-order valence-corrected chi connectivity index (χ0v) is 15.0. The third-order valence-electron chi connectivity index (χ3n) is 3.52. The largest absolute Gasteiger partial charge is 0.493 e. The maximum atomic E-state index is 12.8. The number of allylic oxidation sites excluding steroid dienone is 1. The molecular weight excluding hydrogens is 342 g/mol. The van der Waals surface area contributed by atoms with Crippen LogP contribution >= 0.6 is 23.1 Å². The van der Waals surface area contributed by atoms with Gasteiger partial charge in [0.1, 0.15) is 21.7 Å². The van der Waals surface area contributed by atoms with Crippen LogP contribution in [0, 0.1) is 5.41 Å². The van der Waals surface area contributed by atoms with Crippen LogP contribution in [-0.4, -0.2) is 27.6 Å². The molecule has 1 aromatic heterocycles. The number of aryl methyl sites for hydroxylation is 1.